The summed E-state index contributed by atoms with van der Waals surface area (Å²) >= 11 is 0. The van der Waals surface area contributed by atoms with Gasteiger partial charge in [-0.05, 0) is 50.5 Å². The molecule has 3 nitrogen and oxygen atoms in total. The van der Waals surface area contributed by atoms with Crippen molar-refractivity contribution in [1.82, 2.24) is 10.9 Å². The van der Waals surface area contributed by atoms with Gasteiger partial charge in [-0.15, -0.1) is 0 Å². The molecule has 1 fully saturated rings. The molecule has 0 spiro atoms. The van der Waals surface area contributed by atoms with Gasteiger partial charge in [-0.25, -0.2) is 5.43 Å². The molecule has 0 atom stereocenters. The van der Waals surface area contributed by atoms with E-state index in [1.54, 1.807) is 0 Å². The number of hydrazine groups is 1. The molecule has 90 valence electrons. The summed E-state index contributed by atoms with van der Waals surface area (Å²) in [4.78, 5) is 11.7. The zero-order chi connectivity index (χ0) is 12.6. The molecule has 0 aromatic heterocycles. The van der Waals surface area contributed by atoms with Crippen molar-refractivity contribution in [2.45, 2.75) is 33.2 Å². The lowest BCUT2D eigenvalue weighted by molar-refractivity contribution is -0.116. The van der Waals surface area contributed by atoms with Crippen LogP contribution in [-0.2, 0) is 4.79 Å². The normalized spacial score (nSPS) is 20.7. The molecule has 0 aliphatic carbocycles. The van der Waals surface area contributed by atoms with Crippen molar-refractivity contribution in [3.63, 3.8) is 0 Å². The van der Waals surface area contributed by atoms with Crippen LogP contribution in [0.3, 0.4) is 0 Å². The van der Waals surface area contributed by atoms with E-state index in [-0.39, 0.29) is 11.4 Å². The van der Waals surface area contributed by atoms with Crippen molar-refractivity contribution in [3.05, 3.63) is 40.5 Å². The van der Waals surface area contributed by atoms with E-state index in [9.17, 15) is 4.79 Å². The molecule has 2 N–H and O–H groups in total. The van der Waals surface area contributed by atoms with E-state index in [1.165, 1.54) is 11.1 Å². The van der Waals surface area contributed by atoms with Crippen LogP contribution < -0.4 is 10.9 Å². The van der Waals surface area contributed by atoms with Crippen LogP contribution in [0.15, 0.2) is 23.8 Å². The van der Waals surface area contributed by atoms with Crippen LogP contribution in [0.2, 0.25) is 0 Å². The van der Waals surface area contributed by atoms with Gasteiger partial charge in [-0.2, -0.15) is 0 Å². The molecule has 3 heteroatoms. The van der Waals surface area contributed by atoms with Crippen molar-refractivity contribution >= 4 is 12.0 Å². The highest BCUT2D eigenvalue weighted by Gasteiger charge is 2.34. The summed E-state index contributed by atoms with van der Waals surface area (Å²) in [7, 11) is 0. The van der Waals surface area contributed by atoms with Crippen molar-refractivity contribution in [2.75, 3.05) is 0 Å². The number of aryl methyl sites for hydroxylation is 2. The van der Waals surface area contributed by atoms with E-state index in [2.05, 4.69) is 36.8 Å². The van der Waals surface area contributed by atoms with Gasteiger partial charge in [0.1, 0.15) is 0 Å². The van der Waals surface area contributed by atoms with Crippen LogP contribution in [0.25, 0.3) is 6.08 Å². The zero-order valence-corrected chi connectivity index (χ0v) is 10.7. The van der Waals surface area contributed by atoms with Gasteiger partial charge in [-0.3, -0.25) is 10.2 Å². The minimum Gasteiger partial charge on any atom is -0.287 e. The first-order valence-electron chi connectivity index (χ1n) is 5.77. The lowest BCUT2D eigenvalue weighted by atomic mass is 9.93. The topological polar surface area (TPSA) is 41.1 Å². The minimum absolute atomic E-state index is 0.0479. The summed E-state index contributed by atoms with van der Waals surface area (Å²) in [6, 6.07) is 6.22. The van der Waals surface area contributed by atoms with E-state index in [4.69, 9.17) is 0 Å². The third kappa shape index (κ3) is 2.24. The molecule has 1 aliphatic rings. The molecule has 1 aromatic carbocycles. The van der Waals surface area contributed by atoms with Gasteiger partial charge >= 0.3 is 0 Å². The average Bonchev–Trinajstić information content (AvgIpc) is 2.50. The number of benzene rings is 1. The molecule has 0 unspecified atom stereocenters. The van der Waals surface area contributed by atoms with Gasteiger partial charge in [0.25, 0.3) is 5.91 Å². The Morgan fingerprint density at radius 2 is 1.88 bits per heavy atom. The molecule has 17 heavy (non-hydrogen) atoms. The highest BCUT2D eigenvalue weighted by atomic mass is 16.2. The summed E-state index contributed by atoms with van der Waals surface area (Å²) in [6.45, 7) is 8.13. The Bertz CT molecular complexity index is 501. The third-order valence-electron chi connectivity index (χ3n) is 3.25. The molecule has 0 bridgehead atoms. The average molecular weight is 230 g/mol. The number of amides is 1. The van der Waals surface area contributed by atoms with E-state index in [0.29, 0.717) is 0 Å². The molecule has 2 rings (SSSR count). The quantitative estimate of drug-likeness (QED) is 0.725. The Hall–Kier alpha value is -1.61. The van der Waals surface area contributed by atoms with Crippen molar-refractivity contribution in [2.24, 2.45) is 0 Å². The summed E-state index contributed by atoms with van der Waals surface area (Å²) in [5, 5.41) is 0. The molecular weight excluding hydrogens is 212 g/mol. The van der Waals surface area contributed by atoms with Crippen LogP contribution in [0.4, 0.5) is 0 Å². The molecule has 1 heterocycles. The summed E-state index contributed by atoms with van der Waals surface area (Å²) in [5.74, 6) is -0.0479. The van der Waals surface area contributed by atoms with Gasteiger partial charge in [0.15, 0.2) is 0 Å². The maximum Gasteiger partial charge on any atom is 0.263 e. The summed E-state index contributed by atoms with van der Waals surface area (Å²) < 4.78 is 0. The second-order valence-electron chi connectivity index (χ2n) is 5.11. The number of nitrogens with one attached hydrogen (secondary N) is 2. The number of hydrogen-bond acceptors (Lipinski definition) is 2. The van der Waals surface area contributed by atoms with Crippen molar-refractivity contribution < 1.29 is 4.79 Å². The number of carbonyl (C=O) groups is 1. The Morgan fingerprint density at radius 3 is 2.41 bits per heavy atom. The Kier molecular flexibility index (Phi) is 2.79. The fraction of sp³-hybridized carbons (Fsp3) is 0.357. The summed E-state index contributed by atoms with van der Waals surface area (Å²) in [5.41, 5.74) is 9.63. The zero-order valence-electron chi connectivity index (χ0n) is 10.7. The lowest BCUT2D eigenvalue weighted by Crippen LogP contribution is -2.38. The first kappa shape index (κ1) is 11.9. The predicted octanol–water partition coefficient (Wildman–Crippen LogP) is 2.10. The number of carbonyl (C=O) groups excluding carboxylic acids is 1. The van der Waals surface area contributed by atoms with Crippen LogP contribution in [0.1, 0.15) is 30.5 Å². The molecule has 1 saturated heterocycles. The lowest BCUT2D eigenvalue weighted by Gasteiger charge is -2.17. The second kappa shape index (κ2) is 4.00. The van der Waals surface area contributed by atoms with E-state index in [0.717, 1.165) is 11.1 Å². The Balaban J connectivity index is 2.41. The fourth-order valence-corrected chi connectivity index (χ4v) is 1.90. The summed E-state index contributed by atoms with van der Waals surface area (Å²) in [6.07, 6.45) is 1.95. The van der Waals surface area contributed by atoms with Crippen molar-refractivity contribution in [3.8, 4) is 0 Å². The molecular formula is C14H18N2O. The van der Waals surface area contributed by atoms with Gasteiger partial charge < -0.3 is 0 Å². The van der Waals surface area contributed by atoms with Crippen LogP contribution >= 0.6 is 0 Å². The van der Waals surface area contributed by atoms with E-state index in [1.807, 2.05) is 26.0 Å². The van der Waals surface area contributed by atoms with E-state index >= 15 is 0 Å². The fourth-order valence-electron chi connectivity index (χ4n) is 1.90. The molecule has 1 aliphatic heterocycles. The second-order valence-corrected chi connectivity index (χ2v) is 5.11. The maximum atomic E-state index is 11.7. The molecule has 1 aromatic rings. The van der Waals surface area contributed by atoms with Crippen LogP contribution in [0, 0.1) is 13.8 Å². The predicted molar refractivity (Wildman–Crippen MR) is 69.3 cm³/mol. The smallest absolute Gasteiger partial charge is 0.263 e. The molecule has 0 saturated carbocycles. The van der Waals surface area contributed by atoms with Crippen LogP contribution in [-0.4, -0.2) is 11.4 Å². The number of rotatable bonds is 1. The molecule has 1 amide bonds. The Morgan fingerprint density at radius 1 is 1.18 bits per heavy atom. The van der Waals surface area contributed by atoms with Gasteiger partial charge in [0, 0.05) is 5.57 Å². The van der Waals surface area contributed by atoms with E-state index < -0.39 is 0 Å². The first-order valence-corrected chi connectivity index (χ1v) is 5.77. The molecule has 0 radical (unpaired) electrons. The van der Waals surface area contributed by atoms with Gasteiger partial charge in [-0.1, -0.05) is 18.2 Å². The minimum atomic E-state index is -0.324. The number of hydrogen-bond donors (Lipinski definition) is 2. The first-order chi connectivity index (χ1) is 7.90. The van der Waals surface area contributed by atoms with Gasteiger partial charge in [0.05, 0.1) is 5.54 Å². The highest BCUT2D eigenvalue weighted by molar-refractivity contribution is 6.01. The Labute approximate surface area is 102 Å². The standard InChI is InChI=1S/C14H18N2O/c1-9-5-6-11(7-10(9)2)8-12-13(17)15-16-14(12,3)4/h5-8,16H,1-4H3,(H,15,17)/b12-8+. The third-order valence-corrected chi connectivity index (χ3v) is 3.25. The van der Waals surface area contributed by atoms with Gasteiger partial charge in [0.2, 0.25) is 0 Å². The largest absolute Gasteiger partial charge is 0.287 e. The van der Waals surface area contributed by atoms with Crippen molar-refractivity contribution in [1.29, 1.82) is 0 Å². The monoisotopic (exact) mass is 230 g/mol. The SMILES string of the molecule is Cc1ccc(/C=C2\C(=O)NNC2(C)C)cc1C. The maximum absolute atomic E-state index is 11.7. The highest BCUT2D eigenvalue weighted by Crippen LogP contribution is 2.23. The van der Waals surface area contributed by atoms with Crippen LogP contribution in [0.5, 0.6) is 0 Å².